The first-order valence-corrected chi connectivity index (χ1v) is 6.52. The summed E-state index contributed by atoms with van der Waals surface area (Å²) in [4.78, 5) is 19.9. The van der Waals surface area contributed by atoms with Crippen molar-refractivity contribution in [3.8, 4) is 0 Å². The molecule has 1 saturated carbocycles. The van der Waals surface area contributed by atoms with E-state index in [4.69, 9.17) is 0 Å². The summed E-state index contributed by atoms with van der Waals surface area (Å²) in [5.74, 6) is 1.26. The Morgan fingerprint density at radius 3 is 2.89 bits per heavy atom. The van der Waals surface area contributed by atoms with Gasteiger partial charge in [-0.3, -0.25) is 4.79 Å². The molecule has 0 radical (unpaired) electrons. The second-order valence-corrected chi connectivity index (χ2v) is 5.15. The van der Waals surface area contributed by atoms with Crippen molar-refractivity contribution in [2.45, 2.75) is 39.2 Å². The van der Waals surface area contributed by atoms with Gasteiger partial charge in [-0.25, -0.2) is 9.97 Å². The predicted molar refractivity (Wildman–Crippen MR) is 70.5 cm³/mol. The standard InChI is InChI=1S/C13H20N4O/c1-9(2)5-6-14-12-7-11(15-8-16-12)13(18)17-10-3-4-10/h7-10H,3-6H2,1-2H3,(H,17,18)(H,14,15,16). The number of carbonyl (C=O) groups is 1. The molecule has 2 N–H and O–H groups in total. The summed E-state index contributed by atoms with van der Waals surface area (Å²) in [6.07, 6.45) is 4.67. The molecule has 1 aliphatic rings. The first-order valence-electron chi connectivity index (χ1n) is 6.52. The number of carbonyl (C=O) groups excluding carboxylic acids is 1. The zero-order valence-corrected chi connectivity index (χ0v) is 10.9. The highest BCUT2D eigenvalue weighted by Crippen LogP contribution is 2.19. The van der Waals surface area contributed by atoms with E-state index in [1.54, 1.807) is 6.07 Å². The van der Waals surface area contributed by atoms with Gasteiger partial charge in [-0.15, -0.1) is 0 Å². The molecular weight excluding hydrogens is 228 g/mol. The van der Waals surface area contributed by atoms with Crippen molar-refractivity contribution < 1.29 is 4.79 Å². The second-order valence-electron chi connectivity index (χ2n) is 5.15. The molecule has 0 bridgehead atoms. The molecule has 1 heterocycles. The summed E-state index contributed by atoms with van der Waals surface area (Å²) in [6, 6.07) is 2.06. The topological polar surface area (TPSA) is 66.9 Å². The van der Waals surface area contributed by atoms with Gasteiger partial charge in [0.15, 0.2) is 0 Å². The molecule has 5 heteroatoms. The fourth-order valence-corrected chi connectivity index (χ4v) is 1.55. The van der Waals surface area contributed by atoms with E-state index in [0.717, 1.165) is 25.8 Å². The van der Waals surface area contributed by atoms with E-state index in [-0.39, 0.29) is 5.91 Å². The minimum absolute atomic E-state index is 0.105. The fourth-order valence-electron chi connectivity index (χ4n) is 1.55. The van der Waals surface area contributed by atoms with Crippen LogP contribution in [0.2, 0.25) is 0 Å². The van der Waals surface area contributed by atoms with Crippen molar-refractivity contribution in [1.82, 2.24) is 15.3 Å². The molecule has 98 valence electrons. The third-order valence-electron chi connectivity index (χ3n) is 2.84. The zero-order valence-electron chi connectivity index (χ0n) is 10.9. The maximum absolute atomic E-state index is 11.8. The van der Waals surface area contributed by atoms with Gasteiger partial charge in [0.1, 0.15) is 17.8 Å². The SMILES string of the molecule is CC(C)CCNc1cc(C(=O)NC2CC2)ncn1. The largest absolute Gasteiger partial charge is 0.370 e. The van der Waals surface area contributed by atoms with Gasteiger partial charge in [0.2, 0.25) is 0 Å². The number of nitrogens with zero attached hydrogens (tertiary/aromatic N) is 2. The summed E-state index contributed by atoms with van der Waals surface area (Å²) in [6.45, 7) is 5.21. The third-order valence-corrected chi connectivity index (χ3v) is 2.84. The first kappa shape index (κ1) is 12.8. The fraction of sp³-hybridized carbons (Fsp3) is 0.615. The minimum Gasteiger partial charge on any atom is -0.370 e. The van der Waals surface area contributed by atoms with Gasteiger partial charge in [0.25, 0.3) is 5.91 Å². The van der Waals surface area contributed by atoms with Crippen molar-refractivity contribution in [1.29, 1.82) is 0 Å². The molecule has 1 aromatic heterocycles. The average molecular weight is 248 g/mol. The van der Waals surface area contributed by atoms with Crippen LogP contribution < -0.4 is 10.6 Å². The number of nitrogens with one attached hydrogen (secondary N) is 2. The van der Waals surface area contributed by atoms with E-state index < -0.39 is 0 Å². The maximum atomic E-state index is 11.8. The van der Waals surface area contributed by atoms with Crippen LogP contribution in [-0.4, -0.2) is 28.5 Å². The maximum Gasteiger partial charge on any atom is 0.270 e. The van der Waals surface area contributed by atoms with Crippen LogP contribution in [0.25, 0.3) is 0 Å². The first-order chi connectivity index (χ1) is 8.65. The third kappa shape index (κ3) is 3.98. The Bertz CT molecular complexity index is 415. The Balaban J connectivity index is 1.89. The second kappa shape index (κ2) is 5.80. The van der Waals surface area contributed by atoms with Gasteiger partial charge in [0.05, 0.1) is 0 Å². The summed E-state index contributed by atoms with van der Waals surface area (Å²) < 4.78 is 0. The molecule has 1 aromatic rings. The molecule has 0 spiro atoms. The van der Waals surface area contributed by atoms with Gasteiger partial charge in [0, 0.05) is 18.7 Å². The summed E-state index contributed by atoms with van der Waals surface area (Å²) in [5.41, 5.74) is 0.434. The minimum atomic E-state index is -0.105. The number of hydrogen-bond donors (Lipinski definition) is 2. The molecule has 1 aliphatic carbocycles. The molecule has 0 unspecified atom stereocenters. The molecule has 0 aliphatic heterocycles. The van der Waals surface area contributed by atoms with E-state index in [1.807, 2.05) is 0 Å². The number of aromatic nitrogens is 2. The molecule has 0 aromatic carbocycles. The Morgan fingerprint density at radius 1 is 1.44 bits per heavy atom. The smallest absolute Gasteiger partial charge is 0.270 e. The van der Waals surface area contributed by atoms with E-state index in [1.165, 1.54) is 6.33 Å². The van der Waals surface area contributed by atoms with Crippen molar-refractivity contribution in [3.05, 3.63) is 18.1 Å². The lowest BCUT2D eigenvalue weighted by atomic mass is 10.1. The van der Waals surface area contributed by atoms with Crippen molar-refractivity contribution in [3.63, 3.8) is 0 Å². The quantitative estimate of drug-likeness (QED) is 0.806. The lowest BCUT2D eigenvalue weighted by Crippen LogP contribution is -2.26. The van der Waals surface area contributed by atoms with E-state index >= 15 is 0 Å². The van der Waals surface area contributed by atoms with Crippen molar-refractivity contribution >= 4 is 11.7 Å². The van der Waals surface area contributed by atoms with Gasteiger partial charge >= 0.3 is 0 Å². The predicted octanol–water partition coefficient (Wildman–Crippen LogP) is 1.83. The van der Waals surface area contributed by atoms with Gasteiger partial charge in [-0.05, 0) is 25.2 Å². The van der Waals surface area contributed by atoms with Crippen LogP contribution in [0, 0.1) is 5.92 Å². The summed E-state index contributed by atoms with van der Waals surface area (Å²) >= 11 is 0. The van der Waals surface area contributed by atoms with E-state index in [9.17, 15) is 4.79 Å². The van der Waals surface area contributed by atoms with Crippen LogP contribution in [0.5, 0.6) is 0 Å². The summed E-state index contributed by atoms with van der Waals surface area (Å²) in [7, 11) is 0. The normalized spacial score (nSPS) is 14.6. The highest BCUT2D eigenvalue weighted by Gasteiger charge is 2.24. The van der Waals surface area contributed by atoms with E-state index in [0.29, 0.717) is 23.5 Å². The van der Waals surface area contributed by atoms with Gasteiger partial charge in [-0.1, -0.05) is 13.8 Å². The molecule has 5 nitrogen and oxygen atoms in total. The number of amides is 1. The molecule has 2 rings (SSSR count). The Morgan fingerprint density at radius 2 is 2.22 bits per heavy atom. The Labute approximate surface area is 107 Å². The van der Waals surface area contributed by atoms with Crippen LogP contribution in [0.3, 0.4) is 0 Å². The highest BCUT2D eigenvalue weighted by atomic mass is 16.2. The van der Waals surface area contributed by atoms with Crippen LogP contribution in [0.4, 0.5) is 5.82 Å². The molecule has 0 atom stereocenters. The average Bonchev–Trinajstić information content (AvgIpc) is 3.13. The lowest BCUT2D eigenvalue weighted by Gasteiger charge is -2.08. The zero-order chi connectivity index (χ0) is 13.0. The number of hydrogen-bond acceptors (Lipinski definition) is 4. The number of rotatable bonds is 6. The number of anilines is 1. The Kier molecular flexibility index (Phi) is 4.12. The molecule has 0 saturated heterocycles. The molecule has 1 fully saturated rings. The van der Waals surface area contributed by atoms with Crippen LogP contribution in [0.1, 0.15) is 43.6 Å². The lowest BCUT2D eigenvalue weighted by molar-refractivity contribution is 0.0946. The van der Waals surface area contributed by atoms with E-state index in [2.05, 4.69) is 34.4 Å². The Hall–Kier alpha value is -1.65. The van der Waals surface area contributed by atoms with Crippen LogP contribution in [0.15, 0.2) is 12.4 Å². The highest BCUT2D eigenvalue weighted by molar-refractivity contribution is 5.93. The molecular formula is C13H20N4O. The molecule has 18 heavy (non-hydrogen) atoms. The van der Waals surface area contributed by atoms with Gasteiger partial charge in [-0.2, -0.15) is 0 Å². The van der Waals surface area contributed by atoms with Gasteiger partial charge < -0.3 is 10.6 Å². The van der Waals surface area contributed by atoms with Crippen molar-refractivity contribution in [2.24, 2.45) is 5.92 Å². The monoisotopic (exact) mass is 248 g/mol. The van der Waals surface area contributed by atoms with Crippen LogP contribution >= 0.6 is 0 Å². The van der Waals surface area contributed by atoms with Crippen molar-refractivity contribution in [2.75, 3.05) is 11.9 Å². The van der Waals surface area contributed by atoms with Crippen LogP contribution in [-0.2, 0) is 0 Å². The molecule has 1 amide bonds. The summed E-state index contributed by atoms with van der Waals surface area (Å²) in [5, 5.41) is 6.12.